The molecule has 34 heavy (non-hydrogen) atoms. The number of aromatic amines is 1. The molecule has 0 aliphatic carbocycles. The van der Waals surface area contributed by atoms with E-state index in [2.05, 4.69) is 25.8 Å². The molecule has 4 aromatic rings. The lowest BCUT2D eigenvalue weighted by atomic mass is 10.1. The van der Waals surface area contributed by atoms with E-state index >= 15 is 0 Å². The van der Waals surface area contributed by atoms with Gasteiger partial charge in [0, 0.05) is 56.0 Å². The maximum Gasteiger partial charge on any atom is 0.268 e. The van der Waals surface area contributed by atoms with E-state index in [-0.39, 0.29) is 18.4 Å². The maximum absolute atomic E-state index is 13.1. The zero-order valence-electron chi connectivity index (χ0n) is 18.5. The molecule has 0 aliphatic rings. The van der Waals surface area contributed by atoms with Gasteiger partial charge in [-0.1, -0.05) is 12.1 Å². The molecule has 12 heteroatoms. The van der Waals surface area contributed by atoms with Crippen LogP contribution in [0.25, 0.3) is 10.3 Å². The standard InChI is InChI=1S/C22H23N9O2S/c1-11(32)28-17(16-6-7-27-30-16)22-29-20-19(34-22)14(9-24)18(31(20)2)21(33)26-10-12-4-3-5-15(25)13(12)8-23/h3-9,17,23-24H,10,25H2,1-2H3,(H,26,33)(H,27,30)(H,28,32). The summed E-state index contributed by atoms with van der Waals surface area (Å²) in [5.41, 5.74) is 9.59. The Morgan fingerprint density at radius 1 is 1.26 bits per heavy atom. The fraction of sp³-hybridized carbons (Fsp3) is 0.182. The Balaban J connectivity index is 1.68. The summed E-state index contributed by atoms with van der Waals surface area (Å²) in [6.45, 7) is 1.60. The third-order valence-corrected chi connectivity index (χ3v) is 6.52. The van der Waals surface area contributed by atoms with E-state index < -0.39 is 6.04 Å². The number of rotatable bonds is 8. The van der Waals surface area contributed by atoms with Crippen LogP contribution in [-0.2, 0) is 18.4 Å². The molecule has 0 fully saturated rings. The minimum atomic E-state index is -0.531. The molecule has 11 nitrogen and oxygen atoms in total. The van der Waals surface area contributed by atoms with Crippen LogP contribution in [0.3, 0.4) is 0 Å². The topological polar surface area (TPSA) is 178 Å². The maximum atomic E-state index is 13.1. The minimum absolute atomic E-state index is 0.175. The summed E-state index contributed by atoms with van der Waals surface area (Å²) in [6.07, 6.45) is 3.88. The Bertz CT molecular complexity index is 1400. The first-order valence-corrected chi connectivity index (χ1v) is 11.1. The third-order valence-electron chi connectivity index (χ3n) is 5.38. The lowest BCUT2D eigenvalue weighted by Gasteiger charge is -2.13. The van der Waals surface area contributed by atoms with Crippen LogP contribution < -0.4 is 16.4 Å². The highest BCUT2D eigenvalue weighted by atomic mass is 32.1. The van der Waals surface area contributed by atoms with Crippen LogP contribution >= 0.6 is 11.3 Å². The lowest BCUT2D eigenvalue weighted by molar-refractivity contribution is -0.119. The first-order valence-electron chi connectivity index (χ1n) is 10.3. The van der Waals surface area contributed by atoms with Crippen LogP contribution in [0, 0.1) is 10.8 Å². The van der Waals surface area contributed by atoms with Gasteiger partial charge < -0.3 is 31.8 Å². The number of aromatic nitrogens is 4. The second kappa shape index (κ2) is 9.27. The normalized spacial score (nSPS) is 11.8. The molecule has 0 saturated carbocycles. The van der Waals surface area contributed by atoms with Crippen LogP contribution in [0.5, 0.6) is 0 Å². The summed E-state index contributed by atoms with van der Waals surface area (Å²) in [5.74, 6) is -0.602. The van der Waals surface area contributed by atoms with Crippen molar-refractivity contribution in [2.45, 2.75) is 19.5 Å². The van der Waals surface area contributed by atoms with Gasteiger partial charge >= 0.3 is 0 Å². The van der Waals surface area contributed by atoms with Crippen LogP contribution in [0.2, 0.25) is 0 Å². The summed E-state index contributed by atoms with van der Waals surface area (Å²) in [4.78, 5) is 29.6. The smallest absolute Gasteiger partial charge is 0.268 e. The molecule has 2 amide bonds. The summed E-state index contributed by atoms with van der Waals surface area (Å²) in [7, 11) is 1.71. The molecule has 0 aliphatic heterocycles. The van der Waals surface area contributed by atoms with Crippen molar-refractivity contribution in [3.8, 4) is 0 Å². The average Bonchev–Trinajstić information content (AvgIpc) is 3.53. The van der Waals surface area contributed by atoms with E-state index in [1.807, 2.05) is 0 Å². The predicted octanol–water partition coefficient (Wildman–Crippen LogP) is 2.09. The number of nitrogens with one attached hydrogen (secondary N) is 5. The highest BCUT2D eigenvalue weighted by molar-refractivity contribution is 7.19. The predicted molar refractivity (Wildman–Crippen MR) is 131 cm³/mol. The van der Waals surface area contributed by atoms with Crippen molar-refractivity contribution in [2.75, 3.05) is 5.73 Å². The van der Waals surface area contributed by atoms with E-state index in [9.17, 15) is 9.59 Å². The van der Waals surface area contributed by atoms with E-state index in [1.54, 1.807) is 42.1 Å². The Morgan fingerprint density at radius 3 is 2.68 bits per heavy atom. The number of anilines is 1. The Morgan fingerprint density at radius 2 is 2.03 bits per heavy atom. The number of nitrogens with two attached hydrogens (primary N) is 1. The minimum Gasteiger partial charge on any atom is -0.398 e. The van der Waals surface area contributed by atoms with Crippen molar-refractivity contribution < 1.29 is 9.59 Å². The molecule has 3 aromatic heterocycles. The van der Waals surface area contributed by atoms with Gasteiger partial charge in [-0.05, 0) is 17.7 Å². The van der Waals surface area contributed by atoms with Crippen molar-refractivity contribution in [1.29, 1.82) is 10.8 Å². The van der Waals surface area contributed by atoms with Gasteiger partial charge in [0.15, 0.2) is 5.65 Å². The number of carbonyl (C=O) groups is 2. The highest BCUT2D eigenvalue weighted by Crippen LogP contribution is 2.34. The molecule has 0 bridgehead atoms. The Labute approximate surface area is 198 Å². The van der Waals surface area contributed by atoms with Gasteiger partial charge in [-0.3, -0.25) is 14.7 Å². The number of fused-ring (bicyclic) bond motifs is 1. The van der Waals surface area contributed by atoms with Crippen LogP contribution in [0.4, 0.5) is 5.69 Å². The van der Waals surface area contributed by atoms with Crippen molar-refractivity contribution in [3.05, 3.63) is 63.5 Å². The fourth-order valence-corrected chi connectivity index (χ4v) is 4.97. The molecule has 174 valence electrons. The van der Waals surface area contributed by atoms with Gasteiger partial charge in [-0.2, -0.15) is 5.10 Å². The zero-order chi connectivity index (χ0) is 24.4. The molecular weight excluding hydrogens is 454 g/mol. The van der Waals surface area contributed by atoms with Crippen molar-refractivity contribution in [2.24, 2.45) is 7.05 Å². The van der Waals surface area contributed by atoms with Crippen LogP contribution in [0.1, 0.15) is 50.8 Å². The number of amides is 2. The molecule has 7 N–H and O–H groups in total. The largest absolute Gasteiger partial charge is 0.398 e. The van der Waals surface area contributed by atoms with Gasteiger partial charge in [-0.25, -0.2) is 4.98 Å². The summed E-state index contributed by atoms with van der Waals surface area (Å²) in [6, 6.07) is 6.48. The number of carbonyl (C=O) groups excluding carboxylic acids is 2. The number of H-pyrrole nitrogens is 1. The lowest BCUT2D eigenvalue weighted by Crippen LogP contribution is -2.27. The third kappa shape index (κ3) is 4.06. The zero-order valence-corrected chi connectivity index (χ0v) is 19.3. The number of nitrogens with zero attached hydrogens (tertiary/aromatic N) is 3. The molecule has 0 saturated heterocycles. The molecule has 0 spiro atoms. The number of nitrogen functional groups attached to an aromatic ring is 1. The first-order chi connectivity index (χ1) is 16.3. The molecule has 1 aromatic carbocycles. The van der Waals surface area contributed by atoms with Gasteiger partial charge in [0.1, 0.15) is 16.7 Å². The molecule has 0 radical (unpaired) electrons. The number of hydrogen-bond acceptors (Lipinski definition) is 8. The Hall–Kier alpha value is -4.32. The number of benzene rings is 1. The van der Waals surface area contributed by atoms with E-state index in [1.165, 1.54) is 18.3 Å². The van der Waals surface area contributed by atoms with Crippen molar-refractivity contribution in [3.63, 3.8) is 0 Å². The number of thiazole rings is 1. The molecule has 1 atom stereocenters. The van der Waals surface area contributed by atoms with Crippen LogP contribution in [0.15, 0.2) is 30.5 Å². The highest BCUT2D eigenvalue weighted by Gasteiger charge is 2.27. The SMILES string of the molecule is CC(=O)NC(c1ccn[nH]1)c1nc2c(s1)c(C=N)c(C(=O)NCc1cccc(N)c1C=N)n2C. The second-order valence-corrected chi connectivity index (χ2v) is 8.59. The first kappa shape index (κ1) is 22.9. The van der Waals surface area contributed by atoms with Crippen LogP contribution in [-0.4, -0.2) is 44.0 Å². The van der Waals surface area contributed by atoms with Gasteiger partial charge in [0.2, 0.25) is 5.91 Å². The van der Waals surface area contributed by atoms with Gasteiger partial charge in [-0.15, -0.1) is 11.3 Å². The van der Waals surface area contributed by atoms with E-state index in [0.29, 0.717) is 49.1 Å². The average molecular weight is 478 g/mol. The number of hydrogen-bond donors (Lipinski definition) is 6. The monoisotopic (exact) mass is 477 g/mol. The quantitative estimate of drug-likeness (QED) is 0.168. The molecule has 4 rings (SSSR count). The van der Waals surface area contributed by atoms with Gasteiger partial charge in [0.25, 0.3) is 5.91 Å². The van der Waals surface area contributed by atoms with Gasteiger partial charge in [0.05, 0.1) is 10.4 Å². The summed E-state index contributed by atoms with van der Waals surface area (Å²) < 4.78 is 2.30. The second-order valence-electron chi connectivity index (χ2n) is 7.56. The molecular formula is C22H23N9O2S. The van der Waals surface area contributed by atoms with Crippen molar-refractivity contribution >= 4 is 51.6 Å². The van der Waals surface area contributed by atoms with E-state index in [4.69, 9.17) is 16.6 Å². The van der Waals surface area contributed by atoms with E-state index in [0.717, 1.165) is 12.4 Å². The fourth-order valence-electron chi connectivity index (χ4n) is 3.78. The van der Waals surface area contributed by atoms with Crippen molar-refractivity contribution in [1.82, 2.24) is 30.4 Å². The summed E-state index contributed by atoms with van der Waals surface area (Å²) >= 11 is 1.30. The summed E-state index contributed by atoms with van der Waals surface area (Å²) in [5, 5.41) is 28.7. The Kier molecular flexibility index (Phi) is 6.23. The molecule has 3 heterocycles. The number of aryl methyl sites for hydroxylation is 1. The molecule has 1 unspecified atom stereocenters.